The van der Waals surface area contributed by atoms with Gasteiger partial charge in [0.1, 0.15) is 0 Å². The number of hydrogen-bond acceptors (Lipinski definition) is 6. The number of quaternary nitrogens is 1. The summed E-state index contributed by atoms with van der Waals surface area (Å²) < 4.78 is 15.8. The summed E-state index contributed by atoms with van der Waals surface area (Å²) in [6.45, 7) is 0.798. The predicted molar refractivity (Wildman–Crippen MR) is 86.5 cm³/mol. The van der Waals surface area contributed by atoms with Gasteiger partial charge in [-0.05, 0) is 35.5 Å². The molecule has 0 radical (unpaired) electrons. The summed E-state index contributed by atoms with van der Waals surface area (Å²) in [7, 11) is 4.55. The average Bonchev–Trinajstić information content (AvgIpc) is 2.81. The molecule has 124 valence electrons. The number of thioether (sulfide) groups is 1. The van der Waals surface area contributed by atoms with E-state index in [-0.39, 0.29) is 11.1 Å². The topological polar surface area (TPSA) is 92.7 Å². The molecule has 8 heteroatoms. The second-order valence-electron chi connectivity index (χ2n) is 4.65. The maximum atomic E-state index is 12.2. The predicted octanol–water partition coefficient (Wildman–Crippen LogP) is 0.991. The molecule has 1 heterocycles. The second kappa shape index (κ2) is 7.38. The molecule has 1 aromatic rings. The molecule has 0 bridgehead atoms. The zero-order chi connectivity index (χ0) is 17.0. The number of ether oxygens (including phenoxy) is 3. The molecule has 0 saturated carbocycles. The van der Waals surface area contributed by atoms with Gasteiger partial charge in [-0.3, -0.25) is 14.5 Å². The molecule has 1 fully saturated rings. The van der Waals surface area contributed by atoms with Crippen molar-refractivity contribution in [1.29, 1.82) is 0 Å². The molecule has 2 amide bonds. The SMILES string of the molecule is COc1cc(C=C2SC(=O)N(CC[NH3+])C2=O)cc(OC)c1OC. The highest BCUT2D eigenvalue weighted by Crippen LogP contribution is 2.40. The van der Waals surface area contributed by atoms with E-state index in [1.807, 2.05) is 0 Å². The number of carbonyl (C=O) groups excluding carboxylic acids is 2. The normalized spacial score (nSPS) is 16.2. The number of rotatable bonds is 6. The van der Waals surface area contributed by atoms with Gasteiger partial charge in [0, 0.05) is 0 Å². The van der Waals surface area contributed by atoms with Gasteiger partial charge in [-0.15, -0.1) is 0 Å². The molecule has 1 saturated heterocycles. The monoisotopic (exact) mass is 339 g/mol. The van der Waals surface area contributed by atoms with Crippen LogP contribution in [0.4, 0.5) is 4.79 Å². The van der Waals surface area contributed by atoms with Crippen LogP contribution in [0.25, 0.3) is 6.08 Å². The Morgan fingerprint density at radius 2 is 1.74 bits per heavy atom. The Hall–Kier alpha value is -2.19. The first-order chi connectivity index (χ1) is 11.0. The Morgan fingerprint density at radius 1 is 1.13 bits per heavy atom. The highest BCUT2D eigenvalue weighted by atomic mass is 32.2. The molecule has 1 aliphatic rings. The number of imide groups is 1. The minimum absolute atomic E-state index is 0.280. The third-order valence-corrected chi connectivity index (χ3v) is 4.15. The van der Waals surface area contributed by atoms with Gasteiger partial charge in [-0.2, -0.15) is 0 Å². The van der Waals surface area contributed by atoms with Crippen LogP contribution in [0, 0.1) is 0 Å². The van der Waals surface area contributed by atoms with E-state index >= 15 is 0 Å². The van der Waals surface area contributed by atoms with Crippen LogP contribution < -0.4 is 19.9 Å². The van der Waals surface area contributed by atoms with Gasteiger partial charge in [0.15, 0.2) is 11.5 Å². The maximum absolute atomic E-state index is 12.2. The lowest BCUT2D eigenvalue weighted by Gasteiger charge is -2.13. The average molecular weight is 339 g/mol. The first-order valence-corrected chi connectivity index (χ1v) is 7.72. The van der Waals surface area contributed by atoms with E-state index in [4.69, 9.17) is 14.2 Å². The number of hydrogen-bond donors (Lipinski definition) is 1. The lowest BCUT2D eigenvalue weighted by atomic mass is 10.1. The molecule has 7 nitrogen and oxygen atoms in total. The Labute approximate surface area is 138 Å². The fraction of sp³-hybridized carbons (Fsp3) is 0.333. The molecular formula is C15H19N2O5S+. The van der Waals surface area contributed by atoms with Crippen molar-refractivity contribution in [3.05, 3.63) is 22.6 Å². The second-order valence-corrected chi connectivity index (χ2v) is 5.64. The van der Waals surface area contributed by atoms with Gasteiger partial charge in [0.25, 0.3) is 11.1 Å². The van der Waals surface area contributed by atoms with Crippen molar-refractivity contribution in [3.63, 3.8) is 0 Å². The van der Waals surface area contributed by atoms with Crippen molar-refractivity contribution < 1.29 is 29.5 Å². The van der Waals surface area contributed by atoms with Crippen molar-refractivity contribution in [2.75, 3.05) is 34.4 Å². The number of amides is 2. The van der Waals surface area contributed by atoms with Crippen molar-refractivity contribution in [2.45, 2.75) is 0 Å². The van der Waals surface area contributed by atoms with Gasteiger partial charge in [-0.25, -0.2) is 0 Å². The van der Waals surface area contributed by atoms with Crippen LogP contribution in [0.15, 0.2) is 17.0 Å². The highest BCUT2D eigenvalue weighted by molar-refractivity contribution is 8.18. The van der Waals surface area contributed by atoms with Crippen molar-refractivity contribution >= 4 is 29.0 Å². The molecule has 0 aliphatic carbocycles. The fourth-order valence-electron chi connectivity index (χ4n) is 2.19. The van der Waals surface area contributed by atoms with Crippen LogP contribution in [0.3, 0.4) is 0 Å². The van der Waals surface area contributed by atoms with Crippen LogP contribution in [0.2, 0.25) is 0 Å². The van der Waals surface area contributed by atoms with E-state index in [9.17, 15) is 9.59 Å². The quantitative estimate of drug-likeness (QED) is 0.777. The molecule has 1 aliphatic heterocycles. The molecule has 1 aromatic carbocycles. The standard InChI is InChI=1S/C15H18N2O5S/c1-20-10-6-9(7-11(21-2)13(10)22-3)8-12-14(18)17(5-4-16)15(19)23-12/h6-8H,4-5,16H2,1-3H3/p+1. The van der Waals surface area contributed by atoms with Crippen molar-refractivity contribution in [2.24, 2.45) is 0 Å². The molecule has 0 spiro atoms. The minimum atomic E-state index is -0.308. The molecule has 2 rings (SSSR count). The van der Waals surface area contributed by atoms with Crippen LogP contribution in [0.1, 0.15) is 5.56 Å². The Balaban J connectivity index is 2.40. The minimum Gasteiger partial charge on any atom is -0.493 e. The van der Waals surface area contributed by atoms with Crippen molar-refractivity contribution in [1.82, 2.24) is 4.90 Å². The molecule has 0 unspecified atom stereocenters. The zero-order valence-corrected chi connectivity index (χ0v) is 14.1. The first-order valence-electron chi connectivity index (χ1n) is 6.90. The summed E-state index contributed by atoms with van der Waals surface area (Å²) in [6.07, 6.45) is 1.64. The van der Waals surface area contributed by atoms with Crippen LogP contribution >= 0.6 is 11.8 Å². The zero-order valence-electron chi connectivity index (χ0n) is 13.3. The van der Waals surface area contributed by atoms with Gasteiger partial charge in [0.2, 0.25) is 5.75 Å². The van der Waals surface area contributed by atoms with Gasteiger partial charge >= 0.3 is 0 Å². The summed E-state index contributed by atoms with van der Waals surface area (Å²) in [4.78, 5) is 25.7. The summed E-state index contributed by atoms with van der Waals surface area (Å²) >= 11 is 0.911. The summed E-state index contributed by atoms with van der Waals surface area (Å²) in [6, 6.07) is 3.44. The van der Waals surface area contributed by atoms with Gasteiger partial charge < -0.3 is 19.9 Å². The largest absolute Gasteiger partial charge is 0.493 e. The lowest BCUT2D eigenvalue weighted by Crippen LogP contribution is -2.55. The third-order valence-electron chi connectivity index (χ3n) is 3.24. The van der Waals surface area contributed by atoms with Crippen molar-refractivity contribution in [3.8, 4) is 17.2 Å². The van der Waals surface area contributed by atoms with Gasteiger partial charge in [-0.1, -0.05) is 0 Å². The Kier molecular flexibility index (Phi) is 5.51. The first kappa shape index (κ1) is 17.2. The Morgan fingerprint density at radius 3 is 2.22 bits per heavy atom. The number of carbonyl (C=O) groups is 2. The van der Waals surface area contributed by atoms with E-state index in [0.717, 1.165) is 11.8 Å². The van der Waals surface area contributed by atoms with Crippen LogP contribution in [-0.2, 0) is 4.79 Å². The summed E-state index contributed by atoms with van der Waals surface area (Å²) in [5.41, 5.74) is 4.35. The molecular weight excluding hydrogens is 320 g/mol. The van der Waals surface area contributed by atoms with Crippen LogP contribution in [0.5, 0.6) is 17.2 Å². The number of methoxy groups -OCH3 is 3. The molecule has 3 N–H and O–H groups in total. The third kappa shape index (κ3) is 3.43. The van der Waals surface area contributed by atoms with Crippen LogP contribution in [-0.4, -0.2) is 50.5 Å². The van der Waals surface area contributed by atoms with Gasteiger partial charge in [0.05, 0.1) is 39.3 Å². The molecule has 0 atom stereocenters. The smallest absolute Gasteiger partial charge is 0.293 e. The maximum Gasteiger partial charge on any atom is 0.293 e. The highest BCUT2D eigenvalue weighted by Gasteiger charge is 2.34. The number of benzene rings is 1. The Bertz CT molecular complexity index is 634. The van der Waals surface area contributed by atoms with E-state index in [1.165, 1.54) is 26.2 Å². The van der Waals surface area contributed by atoms with E-state index in [1.54, 1.807) is 18.2 Å². The fourth-order valence-corrected chi connectivity index (χ4v) is 3.05. The molecule has 0 aromatic heterocycles. The molecule has 23 heavy (non-hydrogen) atoms. The lowest BCUT2D eigenvalue weighted by molar-refractivity contribution is -0.367. The van der Waals surface area contributed by atoms with E-state index in [0.29, 0.717) is 40.8 Å². The summed E-state index contributed by atoms with van der Waals surface area (Å²) in [5.74, 6) is 1.12. The van der Waals surface area contributed by atoms with E-state index in [2.05, 4.69) is 5.73 Å². The van der Waals surface area contributed by atoms with E-state index < -0.39 is 0 Å². The summed E-state index contributed by atoms with van der Waals surface area (Å²) in [5, 5.41) is -0.280. The number of nitrogens with zero attached hydrogens (tertiary/aromatic N) is 1.